The first-order valence-electron chi connectivity index (χ1n) is 8.27. The minimum atomic E-state index is -0.0546. The number of aryl methyl sites for hydroxylation is 2. The quantitative estimate of drug-likeness (QED) is 0.706. The predicted octanol–water partition coefficient (Wildman–Crippen LogP) is 4.96. The monoisotopic (exact) mass is 270 g/mol. The summed E-state index contributed by atoms with van der Waals surface area (Å²) in [5, 5.41) is 0. The summed E-state index contributed by atoms with van der Waals surface area (Å²) in [6.07, 6.45) is 9.32. The van der Waals surface area contributed by atoms with Gasteiger partial charge in [-0.05, 0) is 61.6 Å². The van der Waals surface area contributed by atoms with Crippen molar-refractivity contribution in [2.75, 3.05) is 0 Å². The lowest BCUT2D eigenvalue weighted by molar-refractivity contribution is 0.0760. The number of hydrogen-bond donors (Lipinski definition) is 0. The van der Waals surface area contributed by atoms with Gasteiger partial charge in [0, 0.05) is 11.0 Å². The lowest BCUT2D eigenvalue weighted by Crippen LogP contribution is -2.30. The van der Waals surface area contributed by atoms with Gasteiger partial charge in [-0.15, -0.1) is 0 Å². The van der Waals surface area contributed by atoms with Crippen molar-refractivity contribution < 1.29 is 4.79 Å². The molecule has 0 aliphatic heterocycles. The number of ketones is 1. The second-order valence-electron chi connectivity index (χ2n) is 7.25. The minimum Gasteiger partial charge on any atom is -0.294 e. The normalized spacial score (nSPS) is 20.4. The van der Waals surface area contributed by atoms with Crippen LogP contribution in [0, 0.1) is 11.3 Å². The molecule has 108 valence electrons. The molecule has 0 radical (unpaired) electrons. The van der Waals surface area contributed by atoms with Gasteiger partial charge in [0.1, 0.15) is 0 Å². The van der Waals surface area contributed by atoms with Crippen LogP contribution >= 0.6 is 0 Å². The highest BCUT2D eigenvalue weighted by molar-refractivity contribution is 6.01. The van der Waals surface area contributed by atoms with Gasteiger partial charge in [0.25, 0.3) is 0 Å². The van der Waals surface area contributed by atoms with Crippen molar-refractivity contribution in [1.29, 1.82) is 0 Å². The zero-order valence-electron chi connectivity index (χ0n) is 12.9. The van der Waals surface area contributed by atoms with E-state index < -0.39 is 0 Å². The van der Waals surface area contributed by atoms with Gasteiger partial charge in [-0.3, -0.25) is 4.79 Å². The molecule has 0 spiro atoms. The van der Waals surface area contributed by atoms with Crippen molar-refractivity contribution in [3.8, 4) is 0 Å². The summed E-state index contributed by atoms with van der Waals surface area (Å²) >= 11 is 0. The summed E-state index contributed by atoms with van der Waals surface area (Å²) in [6, 6.07) is 6.49. The van der Waals surface area contributed by atoms with Crippen LogP contribution < -0.4 is 0 Å². The number of Topliss-reactive ketones (excluding diaryl/α,β-unsaturated/α-hetero) is 1. The van der Waals surface area contributed by atoms with Crippen LogP contribution in [0.2, 0.25) is 0 Å². The topological polar surface area (TPSA) is 17.1 Å². The molecule has 1 saturated carbocycles. The van der Waals surface area contributed by atoms with Crippen LogP contribution in [0.1, 0.15) is 73.9 Å². The minimum absolute atomic E-state index is 0.0546. The molecule has 0 saturated heterocycles. The Balaban J connectivity index is 1.90. The van der Waals surface area contributed by atoms with Crippen LogP contribution in [0.3, 0.4) is 0 Å². The summed E-state index contributed by atoms with van der Waals surface area (Å²) in [4.78, 5) is 13.1. The lowest BCUT2D eigenvalue weighted by atomic mass is 9.73. The Morgan fingerprint density at radius 3 is 2.50 bits per heavy atom. The number of carbonyl (C=O) groups is 1. The fourth-order valence-electron chi connectivity index (χ4n) is 4.38. The summed E-state index contributed by atoms with van der Waals surface area (Å²) < 4.78 is 0. The van der Waals surface area contributed by atoms with E-state index in [2.05, 4.69) is 32.0 Å². The first-order chi connectivity index (χ1) is 9.61. The molecule has 0 unspecified atom stereocenters. The van der Waals surface area contributed by atoms with Crippen LogP contribution in [0.15, 0.2) is 18.2 Å². The van der Waals surface area contributed by atoms with E-state index in [1.807, 2.05) is 0 Å². The summed E-state index contributed by atoms with van der Waals surface area (Å²) in [6.45, 7) is 4.49. The average molecular weight is 270 g/mol. The molecule has 0 N–H and O–H groups in total. The Labute approximate surface area is 122 Å². The zero-order chi connectivity index (χ0) is 14.2. The first kappa shape index (κ1) is 13.9. The van der Waals surface area contributed by atoms with Gasteiger partial charge in [0.05, 0.1) is 0 Å². The number of fused-ring (bicyclic) bond motifs is 1. The van der Waals surface area contributed by atoms with Crippen LogP contribution in [0.4, 0.5) is 0 Å². The van der Waals surface area contributed by atoms with Gasteiger partial charge in [0.15, 0.2) is 5.78 Å². The van der Waals surface area contributed by atoms with E-state index in [4.69, 9.17) is 0 Å². The van der Waals surface area contributed by atoms with E-state index in [0.29, 0.717) is 11.7 Å². The molecule has 3 rings (SSSR count). The van der Waals surface area contributed by atoms with Crippen molar-refractivity contribution in [3.05, 3.63) is 34.9 Å². The third-order valence-corrected chi connectivity index (χ3v) is 5.20. The second kappa shape index (κ2) is 5.35. The Morgan fingerprint density at radius 1 is 1.10 bits per heavy atom. The molecule has 1 aromatic rings. The fourth-order valence-corrected chi connectivity index (χ4v) is 4.38. The van der Waals surface area contributed by atoms with Crippen molar-refractivity contribution in [1.82, 2.24) is 0 Å². The van der Waals surface area contributed by atoms with Gasteiger partial charge in [-0.2, -0.15) is 0 Å². The number of hydrogen-bond acceptors (Lipinski definition) is 1. The third-order valence-electron chi connectivity index (χ3n) is 5.20. The summed E-state index contributed by atoms with van der Waals surface area (Å²) in [5.74, 6) is 1.03. The maximum absolute atomic E-state index is 13.1. The molecule has 0 heterocycles. The largest absolute Gasteiger partial charge is 0.294 e. The second-order valence-corrected chi connectivity index (χ2v) is 7.25. The first-order valence-corrected chi connectivity index (χ1v) is 8.27. The van der Waals surface area contributed by atoms with E-state index in [-0.39, 0.29) is 5.41 Å². The van der Waals surface area contributed by atoms with Gasteiger partial charge >= 0.3 is 0 Å². The van der Waals surface area contributed by atoms with Crippen LogP contribution in [0.25, 0.3) is 0 Å². The standard InChI is InChI=1S/C19H26O/c1-14(2)13-19(10-3-4-11-19)18(20)17-9-8-15-6-5-7-16(15)12-17/h8-9,12,14H,3-7,10-11,13H2,1-2H3. The highest BCUT2D eigenvalue weighted by atomic mass is 16.1. The van der Waals surface area contributed by atoms with E-state index in [1.165, 1.54) is 36.8 Å². The number of benzene rings is 1. The Morgan fingerprint density at radius 2 is 1.80 bits per heavy atom. The lowest BCUT2D eigenvalue weighted by Gasteiger charge is -2.29. The van der Waals surface area contributed by atoms with Crippen LogP contribution in [0.5, 0.6) is 0 Å². The van der Waals surface area contributed by atoms with E-state index in [0.717, 1.165) is 31.2 Å². The average Bonchev–Trinajstić information content (AvgIpc) is 3.05. The SMILES string of the molecule is CC(C)CC1(C(=O)c2ccc3c(c2)CCC3)CCCC1. The molecule has 0 amide bonds. The van der Waals surface area contributed by atoms with Crippen molar-refractivity contribution in [2.24, 2.45) is 11.3 Å². The fraction of sp³-hybridized carbons (Fsp3) is 0.632. The molecule has 0 atom stereocenters. The smallest absolute Gasteiger partial charge is 0.169 e. The number of rotatable bonds is 4. The number of carbonyl (C=O) groups excluding carboxylic acids is 1. The maximum Gasteiger partial charge on any atom is 0.169 e. The van der Waals surface area contributed by atoms with Crippen molar-refractivity contribution in [3.63, 3.8) is 0 Å². The van der Waals surface area contributed by atoms with Crippen LogP contribution in [-0.4, -0.2) is 5.78 Å². The van der Waals surface area contributed by atoms with Gasteiger partial charge in [-0.1, -0.05) is 38.8 Å². The van der Waals surface area contributed by atoms with Crippen molar-refractivity contribution in [2.45, 2.75) is 65.2 Å². The Bertz CT molecular complexity index is 506. The molecule has 0 aromatic heterocycles. The molecule has 1 aromatic carbocycles. The van der Waals surface area contributed by atoms with E-state index >= 15 is 0 Å². The molecule has 1 heteroatoms. The highest BCUT2D eigenvalue weighted by Gasteiger charge is 2.41. The molecule has 0 bridgehead atoms. The third kappa shape index (κ3) is 2.43. The molecule has 2 aliphatic carbocycles. The molecular weight excluding hydrogens is 244 g/mol. The van der Waals surface area contributed by atoms with Crippen molar-refractivity contribution >= 4 is 5.78 Å². The molecule has 20 heavy (non-hydrogen) atoms. The Kier molecular flexibility index (Phi) is 3.70. The molecule has 2 aliphatic rings. The van der Waals surface area contributed by atoms with Gasteiger partial charge in [0.2, 0.25) is 0 Å². The van der Waals surface area contributed by atoms with Gasteiger partial charge in [-0.25, -0.2) is 0 Å². The summed E-state index contributed by atoms with van der Waals surface area (Å²) in [5.41, 5.74) is 3.81. The zero-order valence-corrected chi connectivity index (χ0v) is 12.9. The van der Waals surface area contributed by atoms with E-state index in [1.54, 1.807) is 0 Å². The molecule has 1 nitrogen and oxygen atoms in total. The summed E-state index contributed by atoms with van der Waals surface area (Å²) in [7, 11) is 0. The molecule has 1 fully saturated rings. The van der Waals surface area contributed by atoms with E-state index in [9.17, 15) is 4.79 Å². The van der Waals surface area contributed by atoms with Crippen LogP contribution in [-0.2, 0) is 12.8 Å². The maximum atomic E-state index is 13.1. The Hall–Kier alpha value is -1.11. The van der Waals surface area contributed by atoms with Gasteiger partial charge < -0.3 is 0 Å². The molecular formula is C19H26O. The highest BCUT2D eigenvalue weighted by Crippen LogP contribution is 2.45. The predicted molar refractivity (Wildman–Crippen MR) is 83.2 cm³/mol.